The highest BCUT2D eigenvalue weighted by Gasteiger charge is 2.15. The number of benzene rings is 3. The molecule has 0 aliphatic heterocycles. The van der Waals surface area contributed by atoms with E-state index in [4.69, 9.17) is 0 Å². The van der Waals surface area contributed by atoms with Crippen LogP contribution in [-0.4, -0.2) is 11.7 Å². The van der Waals surface area contributed by atoms with Gasteiger partial charge in [0.1, 0.15) is 5.75 Å². The van der Waals surface area contributed by atoms with Gasteiger partial charge in [0.05, 0.1) is 0 Å². The molecule has 3 aromatic rings. The standard InChI is InChI=1S/C24H28NOP/c1-5-25(16-20-11-7-6-8-12-20)21-13-9-10-18(3)24(21)27-22-15-17(2)14-19(4)23(22)26/h6-15,26-27H,5,16H2,1-4H3. The lowest BCUT2D eigenvalue weighted by molar-refractivity contribution is 0.475. The number of aromatic hydroxyl groups is 1. The number of hydrogen-bond acceptors (Lipinski definition) is 2. The topological polar surface area (TPSA) is 23.5 Å². The van der Waals surface area contributed by atoms with Gasteiger partial charge in [-0.25, -0.2) is 0 Å². The number of hydrogen-bond donors (Lipinski definition) is 1. The van der Waals surface area contributed by atoms with Gasteiger partial charge in [-0.05, 0) is 62.1 Å². The number of anilines is 1. The Labute approximate surface area is 164 Å². The van der Waals surface area contributed by atoms with Crippen molar-refractivity contribution in [2.75, 3.05) is 11.4 Å². The second-order valence-corrected chi connectivity index (χ2v) is 8.36. The van der Waals surface area contributed by atoms with E-state index in [1.54, 1.807) is 0 Å². The van der Waals surface area contributed by atoms with E-state index < -0.39 is 0 Å². The van der Waals surface area contributed by atoms with Crippen molar-refractivity contribution in [3.63, 3.8) is 0 Å². The van der Waals surface area contributed by atoms with Crippen LogP contribution in [0.15, 0.2) is 60.7 Å². The van der Waals surface area contributed by atoms with Crippen molar-refractivity contribution in [2.24, 2.45) is 0 Å². The molecule has 0 aliphatic rings. The Bertz CT molecular complexity index is 921. The maximum atomic E-state index is 10.6. The van der Waals surface area contributed by atoms with Crippen LogP contribution in [0.2, 0.25) is 0 Å². The minimum atomic E-state index is 0.430. The summed E-state index contributed by atoms with van der Waals surface area (Å²) >= 11 is 0. The van der Waals surface area contributed by atoms with Crippen LogP contribution in [-0.2, 0) is 6.54 Å². The smallest absolute Gasteiger partial charge is 0.126 e. The Morgan fingerprint density at radius 2 is 1.63 bits per heavy atom. The number of aryl methyl sites for hydroxylation is 3. The molecule has 3 rings (SSSR count). The van der Waals surface area contributed by atoms with Gasteiger partial charge in [0, 0.05) is 29.4 Å². The molecule has 0 heterocycles. The third-order valence-electron chi connectivity index (χ3n) is 4.89. The molecule has 2 nitrogen and oxygen atoms in total. The molecule has 1 unspecified atom stereocenters. The first-order valence-corrected chi connectivity index (χ1v) is 10.4. The van der Waals surface area contributed by atoms with E-state index in [1.165, 1.54) is 27.7 Å². The molecule has 140 valence electrons. The second-order valence-electron chi connectivity index (χ2n) is 7.07. The fourth-order valence-electron chi connectivity index (χ4n) is 3.44. The molecular formula is C24H28NOP. The maximum absolute atomic E-state index is 10.6. The van der Waals surface area contributed by atoms with Gasteiger partial charge in [-0.1, -0.05) is 57.1 Å². The number of phenols is 1. The van der Waals surface area contributed by atoms with Crippen molar-refractivity contribution in [2.45, 2.75) is 34.2 Å². The molecule has 27 heavy (non-hydrogen) atoms. The Morgan fingerprint density at radius 3 is 2.33 bits per heavy atom. The molecule has 3 aromatic carbocycles. The van der Waals surface area contributed by atoms with Gasteiger partial charge >= 0.3 is 0 Å². The summed E-state index contributed by atoms with van der Waals surface area (Å²) in [7, 11) is 0.431. The zero-order valence-corrected chi connectivity index (χ0v) is 17.6. The zero-order chi connectivity index (χ0) is 19.4. The van der Waals surface area contributed by atoms with E-state index >= 15 is 0 Å². The molecule has 1 N–H and O–H groups in total. The molecule has 0 fully saturated rings. The molecule has 0 amide bonds. The van der Waals surface area contributed by atoms with Crippen LogP contribution in [0.25, 0.3) is 0 Å². The van der Waals surface area contributed by atoms with E-state index in [9.17, 15) is 5.11 Å². The van der Waals surface area contributed by atoms with Gasteiger partial charge in [-0.15, -0.1) is 0 Å². The first kappa shape index (κ1) is 19.5. The lowest BCUT2D eigenvalue weighted by atomic mass is 10.1. The predicted molar refractivity (Wildman–Crippen MR) is 120 cm³/mol. The van der Waals surface area contributed by atoms with E-state index in [1.807, 2.05) is 13.0 Å². The Balaban J connectivity index is 1.99. The lowest BCUT2D eigenvalue weighted by Gasteiger charge is -2.27. The number of rotatable bonds is 6. The summed E-state index contributed by atoms with van der Waals surface area (Å²) in [5.41, 5.74) is 5.99. The van der Waals surface area contributed by atoms with Gasteiger partial charge in [0.15, 0.2) is 0 Å². The SMILES string of the molecule is CCN(Cc1ccccc1)c1cccc(C)c1Pc1cc(C)cc(C)c1O. The summed E-state index contributed by atoms with van der Waals surface area (Å²) < 4.78 is 0. The van der Waals surface area contributed by atoms with Crippen LogP contribution in [0.3, 0.4) is 0 Å². The van der Waals surface area contributed by atoms with Crippen molar-refractivity contribution in [1.82, 2.24) is 0 Å². The molecule has 3 heteroatoms. The molecular weight excluding hydrogens is 349 g/mol. The Morgan fingerprint density at radius 1 is 0.889 bits per heavy atom. The molecule has 0 saturated carbocycles. The van der Waals surface area contributed by atoms with Gasteiger partial charge in [0.25, 0.3) is 0 Å². The van der Waals surface area contributed by atoms with Crippen LogP contribution in [0.4, 0.5) is 5.69 Å². The second kappa shape index (κ2) is 8.59. The Kier molecular flexibility index (Phi) is 6.19. The van der Waals surface area contributed by atoms with Gasteiger partial charge in [0.2, 0.25) is 0 Å². The normalized spacial score (nSPS) is 11.3. The van der Waals surface area contributed by atoms with Gasteiger partial charge < -0.3 is 10.0 Å². The highest BCUT2D eigenvalue weighted by molar-refractivity contribution is 7.56. The number of phenolic OH excluding ortho intramolecular Hbond substituents is 1. The van der Waals surface area contributed by atoms with Crippen molar-refractivity contribution < 1.29 is 5.11 Å². The third kappa shape index (κ3) is 4.51. The van der Waals surface area contributed by atoms with E-state index in [0.717, 1.165) is 24.0 Å². The van der Waals surface area contributed by atoms with Crippen LogP contribution in [0.5, 0.6) is 5.75 Å². The summed E-state index contributed by atoms with van der Waals surface area (Å²) in [6.07, 6.45) is 0. The van der Waals surface area contributed by atoms with Crippen LogP contribution >= 0.6 is 8.58 Å². The fourth-order valence-corrected chi connectivity index (χ4v) is 4.97. The molecule has 0 aromatic heterocycles. The first-order chi connectivity index (χ1) is 13.0. The molecule has 0 saturated heterocycles. The summed E-state index contributed by atoms with van der Waals surface area (Å²) in [6, 6.07) is 21.3. The van der Waals surface area contributed by atoms with E-state index in [2.05, 4.69) is 80.3 Å². The van der Waals surface area contributed by atoms with Crippen molar-refractivity contribution in [1.29, 1.82) is 0 Å². The lowest BCUT2D eigenvalue weighted by Crippen LogP contribution is -2.27. The van der Waals surface area contributed by atoms with Crippen molar-refractivity contribution in [3.05, 3.63) is 82.9 Å². The van der Waals surface area contributed by atoms with Gasteiger partial charge in [-0.3, -0.25) is 0 Å². The van der Waals surface area contributed by atoms with Crippen molar-refractivity contribution >= 4 is 24.9 Å². The molecule has 1 atom stereocenters. The monoisotopic (exact) mass is 377 g/mol. The molecule has 0 bridgehead atoms. The van der Waals surface area contributed by atoms with Crippen LogP contribution in [0, 0.1) is 20.8 Å². The quantitative estimate of drug-likeness (QED) is 0.613. The van der Waals surface area contributed by atoms with Gasteiger partial charge in [-0.2, -0.15) is 0 Å². The van der Waals surface area contributed by atoms with E-state index in [-0.39, 0.29) is 0 Å². The average molecular weight is 377 g/mol. The molecule has 0 spiro atoms. The first-order valence-electron chi connectivity index (χ1n) is 9.45. The highest BCUT2D eigenvalue weighted by Crippen LogP contribution is 2.29. The number of nitrogens with zero attached hydrogens (tertiary/aromatic N) is 1. The fraction of sp³-hybridized carbons (Fsp3) is 0.250. The van der Waals surface area contributed by atoms with Crippen LogP contribution < -0.4 is 15.5 Å². The summed E-state index contributed by atoms with van der Waals surface area (Å²) in [4.78, 5) is 2.42. The summed E-state index contributed by atoms with van der Waals surface area (Å²) in [5.74, 6) is 0.430. The van der Waals surface area contributed by atoms with Crippen LogP contribution in [0.1, 0.15) is 29.2 Å². The summed E-state index contributed by atoms with van der Waals surface area (Å²) in [6.45, 7) is 10.3. The Hall–Kier alpha value is -2.31. The predicted octanol–water partition coefficient (Wildman–Crippen LogP) is 4.97. The zero-order valence-electron chi connectivity index (χ0n) is 16.6. The largest absolute Gasteiger partial charge is 0.507 e. The summed E-state index contributed by atoms with van der Waals surface area (Å²) in [5, 5.41) is 12.9. The van der Waals surface area contributed by atoms with Crippen molar-refractivity contribution in [3.8, 4) is 5.75 Å². The minimum Gasteiger partial charge on any atom is -0.507 e. The molecule has 0 radical (unpaired) electrons. The highest BCUT2D eigenvalue weighted by atomic mass is 31.1. The average Bonchev–Trinajstić information content (AvgIpc) is 2.66. The maximum Gasteiger partial charge on any atom is 0.126 e. The molecule has 0 aliphatic carbocycles. The minimum absolute atomic E-state index is 0.430. The van der Waals surface area contributed by atoms with E-state index in [0.29, 0.717) is 14.3 Å². The third-order valence-corrected chi connectivity index (χ3v) is 6.44.